The van der Waals surface area contributed by atoms with Gasteiger partial charge in [-0.25, -0.2) is 9.59 Å². The second kappa shape index (κ2) is 11.7. The average molecular weight is 447 g/mol. The van der Waals surface area contributed by atoms with Gasteiger partial charge in [-0.1, -0.05) is 62.4 Å². The lowest BCUT2D eigenvalue weighted by molar-refractivity contribution is 0.0513. The van der Waals surface area contributed by atoms with Crippen LogP contribution in [-0.4, -0.2) is 30.2 Å². The number of aromatic nitrogens is 1. The fourth-order valence-corrected chi connectivity index (χ4v) is 3.72. The van der Waals surface area contributed by atoms with Gasteiger partial charge in [0.1, 0.15) is 11.8 Å². The number of hydrogen-bond acceptors (Lipinski definition) is 5. The van der Waals surface area contributed by atoms with Crippen LogP contribution in [0.25, 0.3) is 5.57 Å². The lowest BCUT2D eigenvalue weighted by atomic mass is 9.93. The molecule has 0 bridgehead atoms. The van der Waals surface area contributed by atoms with Crippen molar-refractivity contribution < 1.29 is 19.1 Å². The van der Waals surface area contributed by atoms with Crippen LogP contribution in [0.4, 0.5) is 0 Å². The molecule has 0 aliphatic heterocycles. The molecule has 0 fully saturated rings. The molecule has 33 heavy (non-hydrogen) atoms. The van der Waals surface area contributed by atoms with Gasteiger partial charge < -0.3 is 14.0 Å². The highest BCUT2D eigenvalue weighted by molar-refractivity contribution is 5.98. The summed E-state index contributed by atoms with van der Waals surface area (Å²) in [5.74, 6) is -1.05. The number of esters is 2. The van der Waals surface area contributed by atoms with Crippen molar-refractivity contribution in [2.75, 3.05) is 13.7 Å². The predicted octanol–water partition coefficient (Wildman–Crippen LogP) is 5.49. The number of nitrogens with zero attached hydrogens (tertiary/aromatic N) is 2. The van der Waals surface area contributed by atoms with E-state index in [4.69, 9.17) is 9.47 Å². The van der Waals surface area contributed by atoms with E-state index in [0.717, 1.165) is 11.1 Å². The predicted molar refractivity (Wildman–Crippen MR) is 129 cm³/mol. The number of carbonyl (C=O) groups is 2. The van der Waals surface area contributed by atoms with Gasteiger partial charge in [-0.3, -0.25) is 0 Å². The van der Waals surface area contributed by atoms with E-state index < -0.39 is 11.9 Å². The summed E-state index contributed by atoms with van der Waals surface area (Å²) in [5, 5.41) is 9.77. The van der Waals surface area contributed by atoms with E-state index in [1.54, 1.807) is 37.6 Å². The second-order valence-electron chi connectivity index (χ2n) is 7.05. The summed E-state index contributed by atoms with van der Waals surface area (Å²) in [7, 11) is 3.10. The maximum atomic E-state index is 12.7. The van der Waals surface area contributed by atoms with Crippen molar-refractivity contribution in [3.05, 3.63) is 88.3 Å². The van der Waals surface area contributed by atoms with E-state index in [1.165, 1.54) is 7.11 Å². The monoisotopic (exact) mass is 446 g/mol. The molecule has 1 aromatic carbocycles. The molecule has 0 radical (unpaired) electrons. The molecular formula is C27H30N2O4. The van der Waals surface area contributed by atoms with Crippen LogP contribution < -0.4 is 0 Å². The molecule has 1 heterocycles. The molecule has 3 rings (SSSR count). The molecular weight excluding hydrogens is 416 g/mol. The molecule has 1 aromatic heterocycles. The molecule has 2 aromatic rings. The molecule has 1 atom stereocenters. The van der Waals surface area contributed by atoms with Gasteiger partial charge in [-0.2, -0.15) is 5.26 Å². The fraction of sp³-hybridized carbons (Fsp3) is 0.296. The van der Waals surface area contributed by atoms with Gasteiger partial charge in [0.05, 0.1) is 24.8 Å². The van der Waals surface area contributed by atoms with E-state index >= 15 is 0 Å². The van der Waals surface area contributed by atoms with Crippen LogP contribution in [0.1, 0.15) is 69.9 Å². The molecule has 1 aliphatic carbocycles. The third-order valence-corrected chi connectivity index (χ3v) is 5.36. The SMILES string of the molecule is CC.CCOC(=O)c1c(C2=CC=CC(c3ccccc3C(=O)OC)C=C2)c(C#N)c(C)n1C. The first kappa shape index (κ1) is 25.4. The maximum absolute atomic E-state index is 12.7. The number of benzene rings is 1. The number of allylic oxidation sites excluding steroid dienone is 6. The Kier molecular flexibility index (Phi) is 8.99. The zero-order valence-electron chi connectivity index (χ0n) is 20.0. The average Bonchev–Trinajstić information content (AvgIpc) is 2.99. The molecule has 0 spiro atoms. The van der Waals surface area contributed by atoms with Crippen molar-refractivity contribution in [3.63, 3.8) is 0 Å². The first-order chi connectivity index (χ1) is 15.9. The van der Waals surface area contributed by atoms with Gasteiger partial charge in [0.25, 0.3) is 0 Å². The third-order valence-electron chi connectivity index (χ3n) is 5.36. The Bertz CT molecular complexity index is 1160. The lowest BCUT2D eigenvalue weighted by Gasteiger charge is -2.12. The standard InChI is InChI=1S/C25H24N2O4.C2H6/c1-5-31-25(29)23-22(21(15-26)16(2)27(23)3)18-10-8-9-17(13-14-18)19-11-6-7-12-20(19)24(28)30-4;1-2/h6-14,17H,5H2,1-4H3;1-2H3. The van der Waals surface area contributed by atoms with Crippen LogP contribution in [0.5, 0.6) is 0 Å². The summed E-state index contributed by atoms with van der Waals surface area (Å²) in [4.78, 5) is 24.8. The number of carbonyl (C=O) groups excluding carboxylic acids is 2. The van der Waals surface area contributed by atoms with Gasteiger partial charge in [0.2, 0.25) is 0 Å². The molecule has 6 heteroatoms. The highest BCUT2D eigenvalue weighted by Gasteiger charge is 2.27. The smallest absolute Gasteiger partial charge is 0.355 e. The van der Waals surface area contributed by atoms with Gasteiger partial charge in [0, 0.05) is 24.2 Å². The number of methoxy groups -OCH3 is 1. The number of hydrogen-bond donors (Lipinski definition) is 0. The minimum absolute atomic E-state index is 0.176. The Hall–Kier alpha value is -3.85. The summed E-state index contributed by atoms with van der Waals surface area (Å²) in [6.45, 7) is 7.79. The Balaban J connectivity index is 0.00000187. The Morgan fingerprint density at radius 3 is 2.48 bits per heavy atom. The summed E-state index contributed by atoms with van der Waals surface area (Å²) < 4.78 is 11.8. The number of ether oxygens (including phenoxy) is 2. The highest BCUT2D eigenvalue weighted by Crippen LogP contribution is 2.33. The van der Waals surface area contributed by atoms with E-state index in [9.17, 15) is 14.9 Å². The van der Waals surface area contributed by atoms with Crippen molar-refractivity contribution in [1.29, 1.82) is 5.26 Å². The molecule has 1 aliphatic rings. The quantitative estimate of drug-likeness (QED) is 0.568. The van der Waals surface area contributed by atoms with E-state index in [1.807, 2.05) is 56.4 Å². The van der Waals surface area contributed by atoms with Crippen LogP contribution in [0, 0.1) is 18.3 Å². The summed E-state index contributed by atoms with van der Waals surface area (Å²) in [6, 6.07) is 9.50. The first-order valence-corrected chi connectivity index (χ1v) is 10.9. The van der Waals surface area contributed by atoms with Gasteiger partial charge in [-0.15, -0.1) is 0 Å². The second-order valence-corrected chi connectivity index (χ2v) is 7.05. The van der Waals surface area contributed by atoms with Crippen molar-refractivity contribution in [2.45, 2.75) is 33.6 Å². The van der Waals surface area contributed by atoms with Gasteiger partial charge >= 0.3 is 11.9 Å². The Morgan fingerprint density at radius 2 is 1.85 bits per heavy atom. The lowest BCUT2D eigenvalue weighted by Crippen LogP contribution is -2.12. The summed E-state index contributed by atoms with van der Waals surface area (Å²) in [5.41, 5.74) is 4.04. The third kappa shape index (κ3) is 5.15. The molecule has 172 valence electrons. The summed E-state index contributed by atoms with van der Waals surface area (Å²) >= 11 is 0. The van der Waals surface area contributed by atoms with Crippen LogP contribution >= 0.6 is 0 Å². The minimum Gasteiger partial charge on any atom is -0.465 e. The molecule has 6 nitrogen and oxygen atoms in total. The van der Waals surface area contributed by atoms with Crippen molar-refractivity contribution in [2.24, 2.45) is 7.05 Å². The van der Waals surface area contributed by atoms with E-state index in [-0.39, 0.29) is 12.5 Å². The zero-order chi connectivity index (χ0) is 24.5. The van der Waals surface area contributed by atoms with Gasteiger partial charge in [-0.05, 0) is 31.1 Å². The molecule has 1 unspecified atom stereocenters. The topological polar surface area (TPSA) is 81.3 Å². The van der Waals surface area contributed by atoms with E-state index in [2.05, 4.69) is 6.07 Å². The number of rotatable bonds is 5. The molecule has 0 amide bonds. The normalized spacial score (nSPS) is 14.3. The van der Waals surface area contributed by atoms with Crippen molar-refractivity contribution in [3.8, 4) is 6.07 Å². The van der Waals surface area contributed by atoms with Crippen LogP contribution in [-0.2, 0) is 16.5 Å². The van der Waals surface area contributed by atoms with Crippen LogP contribution in [0.3, 0.4) is 0 Å². The Labute approximate surface area is 195 Å². The molecule has 0 saturated carbocycles. The zero-order valence-corrected chi connectivity index (χ0v) is 20.0. The van der Waals surface area contributed by atoms with Crippen LogP contribution in [0.2, 0.25) is 0 Å². The fourth-order valence-electron chi connectivity index (χ4n) is 3.72. The highest BCUT2D eigenvalue weighted by atomic mass is 16.5. The Morgan fingerprint density at radius 1 is 1.15 bits per heavy atom. The molecule has 0 saturated heterocycles. The van der Waals surface area contributed by atoms with Crippen molar-refractivity contribution in [1.82, 2.24) is 4.57 Å². The maximum Gasteiger partial charge on any atom is 0.355 e. The van der Waals surface area contributed by atoms with Gasteiger partial charge in [0.15, 0.2) is 0 Å². The van der Waals surface area contributed by atoms with Crippen molar-refractivity contribution >= 4 is 17.5 Å². The van der Waals surface area contributed by atoms with E-state index in [0.29, 0.717) is 28.1 Å². The number of nitriles is 1. The minimum atomic E-state index is -0.472. The summed E-state index contributed by atoms with van der Waals surface area (Å²) in [6.07, 6.45) is 9.49. The van der Waals surface area contributed by atoms with Crippen LogP contribution in [0.15, 0.2) is 54.6 Å². The molecule has 0 N–H and O–H groups in total. The largest absolute Gasteiger partial charge is 0.465 e. The first-order valence-electron chi connectivity index (χ1n) is 10.9.